The maximum atomic E-state index is 13.5. The molecule has 0 spiro atoms. The Bertz CT molecular complexity index is 446. The number of benzene rings is 1. The predicted molar refractivity (Wildman–Crippen MR) is 64.8 cm³/mol. The zero-order chi connectivity index (χ0) is 11.1. The third-order valence-corrected chi connectivity index (χ3v) is 3.39. The number of carbonyl (C=O) groups is 1. The van der Waals surface area contributed by atoms with E-state index >= 15 is 0 Å². The van der Waals surface area contributed by atoms with E-state index in [1.807, 2.05) is 6.07 Å². The van der Waals surface area contributed by atoms with Crippen molar-refractivity contribution < 1.29 is 9.18 Å². The molecule has 2 heterocycles. The van der Waals surface area contributed by atoms with Gasteiger partial charge in [-0.1, -0.05) is 12.1 Å². The highest BCUT2D eigenvalue weighted by Crippen LogP contribution is 2.28. The van der Waals surface area contributed by atoms with Crippen LogP contribution < -0.4 is 5.32 Å². The van der Waals surface area contributed by atoms with Crippen LogP contribution in [0.2, 0.25) is 0 Å². The number of amides is 1. The molecule has 1 saturated heterocycles. The Morgan fingerprint density at radius 1 is 1.41 bits per heavy atom. The molecule has 1 fully saturated rings. The Kier molecular flexibility index (Phi) is 3.35. The highest BCUT2D eigenvalue weighted by Gasteiger charge is 2.35. The predicted octanol–water partition coefficient (Wildman–Crippen LogP) is 1.57. The molecule has 5 heteroatoms. The van der Waals surface area contributed by atoms with E-state index in [9.17, 15) is 9.18 Å². The number of hydrogen-bond donors (Lipinski definition) is 1. The first-order valence-corrected chi connectivity index (χ1v) is 5.56. The molecular weight excluding hydrogens is 243 g/mol. The van der Waals surface area contributed by atoms with Gasteiger partial charge in [0.25, 0.3) is 5.91 Å². The lowest BCUT2D eigenvalue weighted by Crippen LogP contribution is -2.37. The van der Waals surface area contributed by atoms with Crippen LogP contribution in [0.1, 0.15) is 22.3 Å². The van der Waals surface area contributed by atoms with Crippen LogP contribution in [0.4, 0.5) is 4.39 Å². The Morgan fingerprint density at radius 3 is 2.88 bits per heavy atom. The smallest absolute Gasteiger partial charge is 0.257 e. The zero-order valence-corrected chi connectivity index (χ0v) is 10.1. The standard InChI is InChI=1S/C12H13FN2O.ClH/c13-10-3-1-2-8-7-15(12(16)11(8)10)9-4-5-14-6-9;/h1-3,9,14H,4-7H2;1H/t9-;/m0./s1. The van der Waals surface area contributed by atoms with Gasteiger partial charge in [-0.25, -0.2) is 4.39 Å². The van der Waals surface area contributed by atoms with E-state index in [-0.39, 0.29) is 29.9 Å². The van der Waals surface area contributed by atoms with Crippen molar-refractivity contribution in [2.45, 2.75) is 19.0 Å². The summed E-state index contributed by atoms with van der Waals surface area (Å²) in [6.45, 7) is 2.31. The summed E-state index contributed by atoms with van der Waals surface area (Å²) in [5.74, 6) is -0.544. The lowest BCUT2D eigenvalue weighted by Gasteiger charge is -2.22. The minimum absolute atomic E-state index is 0. The first-order valence-electron chi connectivity index (χ1n) is 5.56. The molecule has 92 valence electrons. The average molecular weight is 257 g/mol. The minimum atomic E-state index is -0.393. The van der Waals surface area contributed by atoms with Crippen molar-refractivity contribution in [3.8, 4) is 0 Å². The molecule has 0 aliphatic carbocycles. The summed E-state index contributed by atoms with van der Waals surface area (Å²) in [6, 6.07) is 5.07. The molecule has 0 saturated carbocycles. The summed E-state index contributed by atoms with van der Waals surface area (Å²) >= 11 is 0. The molecule has 0 bridgehead atoms. The van der Waals surface area contributed by atoms with E-state index < -0.39 is 5.82 Å². The molecule has 2 aliphatic rings. The third-order valence-electron chi connectivity index (χ3n) is 3.39. The Balaban J connectivity index is 0.00000108. The second-order valence-electron chi connectivity index (χ2n) is 4.35. The maximum absolute atomic E-state index is 13.5. The number of rotatable bonds is 1. The Labute approximate surface area is 105 Å². The van der Waals surface area contributed by atoms with Gasteiger partial charge in [0.05, 0.1) is 5.56 Å². The minimum Gasteiger partial charge on any atom is -0.330 e. The molecule has 1 amide bonds. The second kappa shape index (κ2) is 4.63. The van der Waals surface area contributed by atoms with Crippen LogP contribution in [0.3, 0.4) is 0 Å². The Hall–Kier alpha value is -1.13. The molecule has 0 radical (unpaired) electrons. The van der Waals surface area contributed by atoms with Gasteiger partial charge in [0.1, 0.15) is 5.82 Å². The van der Waals surface area contributed by atoms with E-state index in [1.165, 1.54) is 6.07 Å². The summed E-state index contributed by atoms with van der Waals surface area (Å²) in [7, 11) is 0. The fourth-order valence-electron chi connectivity index (χ4n) is 2.54. The quantitative estimate of drug-likeness (QED) is 0.827. The van der Waals surface area contributed by atoms with Crippen LogP contribution in [-0.2, 0) is 6.54 Å². The van der Waals surface area contributed by atoms with Crippen molar-refractivity contribution >= 4 is 18.3 Å². The fourth-order valence-corrected chi connectivity index (χ4v) is 2.54. The van der Waals surface area contributed by atoms with Crippen LogP contribution in [0.5, 0.6) is 0 Å². The average Bonchev–Trinajstić information content (AvgIpc) is 2.86. The summed E-state index contributed by atoms with van der Waals surface area (Å²) in [5.41, 5.74) is 1.09. The molecule has 0 aromatic heterocycles. The maximum Gasteiger partial charge on any atom is 0.257 e. The van der Waals surface area contributed by atoms with Gasteiger partial charge in [-0.05, 0) is 24.6 Å². The van der Waals surface area contributed by atoms with Crippen molar-refractivity contribution in [1.82, 2.24) is 10.2 Å². The van der Waals surface area contributed by atoms with E-state index in [1.54, 1.807) is 11.0 Å². The van der Waals surface area contributed by atoms with Gasteiger partial charge in [0, 0.05) is 19.1 Å². The van der Waals surface area contributed by atoms with E-state index in [4.69, 9.17) is 0 Å². The number of nitrogens with one attached hydrogen (secondary N) is 1. The van der Waals surface area contributed by atoms with E-state index in [0.29, 0.717) is 6.54 Å². The van der Waals surface area contributed by atoms with Gasteiger partial charge < -0.3 is 10.2 Å². The molecule has 3 rings (SSSR count). The monoisotopic (exact) mass is 256 g/mol. The van der Waals surface area contributed by atoms with E-state index in [2.05, 4.69) is 5.32 Å². The third kappa shape index (κ3) is 1.91. The van der Waals surface area contributed by atoms with Crippen LogP contribution >= 0.6 is 12.4 Å². The molecule has 1 aromatic rings. The first kappa shape index (κ1) is 12.3. The van der Waals surface area contributed by atoms with Gasteiger partial charge >= 0.3 is 0 Å². The Morgan fingerprint density at radius 2 is 2.24 bits per heavy atom. The van der Waals surface area contributed by atoms with Crippen molar-refractivity contribution in [3.05, 3.63) is 35.1 Å². The van der Waals surface area contributed by atoms with Gasteiger partial charge in [0.15, 0.2) is 0 Å². The van der Waals surface area contributed by atoms with Crippen molar-refractivity contribution in [1.29, 1.82) is 0 Å². The number of hydrogen-bond acceptors (Lipinski definition) is 2. The number of fused-ring (bicyclic) bond motifs is 1. The molecule has 3 nitrogen and oxygen atoms in total. The van der Waals surface area contributed by atoms with Gasteiger partial charge in [0.2, 0.25) is 0 Å². The van der Waals surface area contributed by atoms with Crippen LogP contribution in [0, 0.1) is 5.82 Å². The second-order valence-corrected chi connectivity index (χ2v) is 4.35. The highest BCUT2D eigenvalue weighted by atomic mass is 35.5. The van der Waals surface area contributed by atoms with Crippen molar-refractivity contribution in [3.63, 3.8) is 0 Å². The topological polar surface area (TPSA) is 32.3 Å². The van der Waals surface area contributed by atoms with Gasteiger partial charge in [-0.2, -0.15) is 0 Å². The first-order chi connectivity index (χ1) is 7.77. The van der Waals surface area contributed by atoms with Crippen molar-refractivity contribution in [2.24, 2.45) is 0 Å². The summed E-state index contributed by atoms with van der Waals surface area (Å²) in [4.78, 5) is 13.8. The molecule has 1 aromatic carbocycles. The molecule has 0 unspecified atom stereocenters. The fraction of sp³-hybridized carbons (Fsp3) is 0.417. The lowest BCUT2D eigenvalue weighted by atomic mass is 10.1. The largest absolute Gasteiger partial charge is 0.330 e. The molecule has 1 N–H and O–H groups in total. The van der Waals surface area contributed by atoms with Crippen LogP contribution in [-0.4, -0.2) is 29.9 Å². The van der Waals surface area contributed by atoms with Crippen LogP contribution in [0.15, 0.2) is 18.2 Å². The SMILES string of the molecule is Cl.O=C1c2c(F)cccc2CN1[C@H]1CCNC1. The number of halogens is 2. The normalized spacial score (nSPS) is 22.5. The molecular formula is C12H14ClFN2O. The van der Waals surface area contributed by atoms with Gasteiger partial charge in [-0.15, -0.1) is 12.4 Å². The lowest BCUT2D eigenvalue weighted by molar-refractivity contribution is 0.0714. The van der Waals surface area contributed by atoms with Crippen LogP contribution in [0.25, 0.3) is 0 Å². The zero-order valence-electron chi connectivity index (χ0n) is 9.28. The number of carbonyl (C=O) groups excluding carboxylic acids is 1. The molecule has 2 aliphatic heterocycles. The summed E-state index contributed by atoms with van der Waals surface area (Å²) < 4.78 is 13.5. The number of nitrogens with zero attached hydrogens (tertiary/aromatic N) is 1. The molecule has 1 atom stereocenters. The summed E-state index contributed by atoms with van der Waals surface area (Å²) in [6.07, 6.45) is 0.960. The molecule has 17 heavy (non-hydrogen) atoms. The highest BCUT2D eigenvalue weighted by molar-refractivity contribution is 5.98. The van der Waals surface area contributed by atoms with Crippen molar-refractivity contribution in [2.75, 3.05) is 13.1 Å². The summed E-state index contributed by atoms with van der Waals surface area (Å²) in [5, 5.41) is 3.22. The van der Waals surface area contributed by atoms with E-state index in [0.717, 1.165) is 25.1 Å². The van der Waals surface area contributed by atoms with Gasteiger partial charge in [-0.3, -0.25) is 4.79 Å².